The summed E-state index contributed by atoms with van der Waals surface area (Å²) in [6, 6.07) is 0. The fourth-order valence-electron chi connectivity index (χ4n) is 2.16. The standard InChI is InChI=1S/C11H21NO3/c1-4-9-8-11(12-5-2,6-7-15-9)10(13)14-3/h9,12H,4-8H2,1-3H3. The van der Waals surface area contributed by atoms with Gasteiger partial charge in [0.05, 0.1) is 13.2 Å². The van der Waals surface area contributed by atoms with Crippen molar-refractivity contribution in [2.24, 2.45) is 0 Å². The highest BCUT2D eigenvalue weighted by atomic mass is 16.5. The van der Waals surface area contributed by atoms with Crippen molar-refractivity contribution in [3.05, 3.63) is 0 Å². The molecule has 0 aliphatic carbocycles. The second-order valence-corrected chi connectivity index (χ2v) is 3.96. The Morgan fingerprint density at radius 1 is 1.60 bits per heavy atom. The third kappa shape index (κ3) is 2.69. The van der Waals surface area contributed by atoms with Crippen molar-refractivity contribution in [2.75, 3.05) is 20.3 Å². The van der Waals surface area contributed by atoms with E-state index in [0.29, 0.717) is 19.4 Å². The predicted octanol–water partition coefficient (Wildman–Crippen LogP) is 1.10. The molecule has 4 nitrogen and oxygen atoms in total. The summed E-state index contributed by atoms with van der Waals surface area (Å²) < 4.78 is 10.5. The lowest BCUT2D eigenvalue weighted by Crippen LogP contribution is -2.57. The zero-order valence-electron chi connectivity index (χ0n) is 9.84. The number of ether oxygens (including phenoxy) is 2. The van der Waals surface area contributed by atoms with Gasteiger partial charge in [0.15, 0.2) is 0 Å². The maximum atomic E-state index is 11.8. The summed E-state index contributed by atoms with van der Waals surface area (Å²) in [5, 5.41) is 3.26. The Labute approximate surface area is 91.3 Å². The van der Waals surface area contributed by atoms with E-state index < -0.39 is 5.54 Å². The minimum Gasteiger partial charge on any atom is -0.468 e. The van der Waals surface area contributed by atoms with Gasteiger partial charge in [-0.2, -0.15) is 0 Å². The molecule has 2 atom stereocenters. The average Bonchev–Trinajstić information content (AvgIpc) is 2.28. The molecule has 1 aliphatic heterocycles. The average molecular weight is 215 g/mol. The van der Waals surface area contributed by atoms with E-state index in [1.165, 1.54) is 7.11 Å². The van der Waals surface area contributed by atoms with Gasteiger partial charge in [-0.25, -0.2) is 0 Å². The molecule has 1 N–H and O–H groups in total. The summed E-state index contributed by atoms with van der Waals surface area (Å²) in [6.45, 7) is 5.47. The van der Waals surface area contributed by atoms with Crippen LogP contribution in [-0.4, -0.2) is 37.9 Å². The van der Waals surface area contributed by atoms with Gasteiger partial charge in [0.1, 0.15) is 5.54 Å². The van der Waals surface area contributed by atoms with Crippen LogP contribution >= 0.6 is 0 Å². The smallest absolute Gasteiger partial charge is 0.326 e. The number of hydrogen-bond donors (Lipinski definition) is 1. The van der Waals surface area contributed by atoms with Crippen LogP contribution in [0.1, 0.15) is 33.1 Å². The van der Waals surface area contributed by atoms with E-state index in [9.17, 15) is 4.79 Å². The fourth-order valence-corrected chi connectivity index (χ4v) is 2.16. The second-order valence-electron chi connectivity index (χ2n) is 3.96. The highest BCUT2D eigenvalue weighted by molar-refractivity contribution is 5.81. The van der Waals surface area contributed by atoms with E-state index in [0.717, 1.165) is 13.0 Å². The normalized spacial score (nSPS) is 31.3. The van der Waals surface area contributed by atoms with Crippen molar-refractivity contribution in [1.82, 2.24) is 5.32 Å². The number of likely N-dealkylation sites (N-methyl/N-ethyl adjacent to an activating group) is 1. The van der Waals surface area contributed by atoms with Crippen LogP contribution in [0, 0.1) is 0 Å². The first-order valence-corrected chi connectivity index (χ1v) is 5.63. The van der Waals surface area contributed by atoms with Crippen molar-refractivity contribution < 1.29 is 14.3 Å². The number of hydrogen-bond acceptors (Lipinski definition) is 4. The quantitative estimate of drug-likeness (QED) is 0.713. The first-order chi connectivity index (χ1) is 7.18. The topological polar surface area (TPSA) is 47.6 Å². The number of esters is 1. The lowest BCUT2D eigenvalue weighted by atomic mass is 9.85. The van der Waals surface area contributed by atoms with Crippen molar-refractivity contribution in [2.45, 2.75) is 44.8 Å². The molecule has 1 heterocycles. The van der Waals surface area contributed by atoms with E-state index >= 15 is 0 Å². The molecule has 2 unspecified atom stereocenters. The summed E-state index contributed by atoms with van der Waals surface area (Å²) in [7, 11) is 1.44. The predicted molar refractivity (Wildman–Crippen MR) is 57.7 cm³/mol. The van der Waals surface area contributed by atoms with Crippen molar-refractivity contribution in [3.8, 4) is 0 Å². The lowest BCUT2D eigenvalue weighted by Gasteiger charge is -2.38. The van der Waals surface area contributed by atoms with E-state index in [1.807, 2.05) is 6.92 Å². The number of carbonyl (C=O) groups excluding carboxylic acids is 1. The molecule has 15 heavy (non-hydrogen) atoms. The van der Waals surface area contributed by atoms with Crippen LogP contribution in [0.2, 0.25) is 0 Å². The third-order valence-corrected chi connectivity index (χ3v) is 3.01. The summed E-state index contributed by atoms with van der Waals surface area (Å²) in [5.41, 5.74) is -0.525. The fraction of sp³-hybridized carbons (Fsp3) is 0.909. The number of nitrogens with one attached hydrogen (secondary N) is 1. The SMILES string of the molecule is CCNC1(C(=O)OC)CCOC(CC)C1. The molecule has 88 valence electrons. The maximum Gasteiger partial charge on any atom is 0.326 e. The molecule has 1 fully saturated rings. The molecule has 0 amide bonds. The van der Waals surface area contributed by atoms with Gasteiger partial charge in [0.2, 0.25) is 0 Å². The minimum absolute atomic E-state index is 0.161. The monoisotopic (exact) mass is 215 g/mol. The number of methoxy groups -OCH3 is 1. The van der Waals surface area contributed by atoms with Crippen molar-refractivity contribution >= 4 is 5.97 Å². The van der Waals surface area contributed by atoms with Gasteiger partial charge in [-0.1, -0.05) is 13.8 Å². The number of carbonyl (C=O) groups is 1. The molecule has 4 heteroatoms. The summed E-state index contributed by atoms with van der Waals surface area (Å²) in [4.78, 5) is 11.8. The molecule has 1 aliphatic rings. The Balaban J connectivity index is 2.75. The molecule has 1 saturated heterocycles. The minimum atomic E-state index is -0.525. The van der Waals surface area contributed by atoms with E-state index in [2.05, 4.69) is 12.2 Å². The van der Waals surface area contributed by atoms with Crippen LogP contribution in [0.4, 0.5) is 0 Å². The van der Waals surface area contributed by atoms with E-state index in [1.54, 1.807) is 0 Å². The Kier molecular flexibility index (Phi) is 4.54. The molecule has 0 aromatic carbocycles. The van der Waals surface area contributed by atoms with Gasteiger partial charge < -0.3 is 14.8 Å². The molecule has 0 bridgehead atoms. The second kappa shape index (κ2) is 5.47. The Hall–Kier alpha value is -0.610. The molecule has 1 rings (SSSR count). The Morgan fingerprint density at radius 2 is 2.33 bits per heavy atom. The summed E-state index contributed by atoms with van der Waals surface area (Å²) in [6.07, 6.45) is 2.51. The Morgan fingerprint density at radius 3 is 2.87 bits per heavy atom. The van der Waals surface area contributed by atoms with Gasteiger partial charge in [0, 0.05) is 13.0 Å². The van der Waals surface area contributed by atoms with Gasteiger partial charge in [-0.05, 0) is 19.4 Å². The van der Waals surface area contributed by atoms with Crippen molar-refractivity contribution in [3.63, 3.8) is 0 Å². The summed E-state index contributed by atoms with van der Waals surface area (Å²) in [5.74, 6) is -0.161. The first kappa shape index (κ1) is 12.5. The Bertz CT molecular complexity index is 216. The van der Waals surface area contributed by atoms with Crippen LogP contribution < -0.4 is 5.32 Å². The largest absolute Gasteiger partial charge is 0.468 e. The van der Waals surface area contributed by atoms with E-state index in [-0.39, 0.29) is 12.1 Å². The van der Waals surface area contributed by atoms with Crippen molar-refractivity contribution in [1.29, 1.82) is 0 Å². The first-order valence-electron chi connectivity index (χ1n) is 5.63. The van der Waals surface area contributed by atoms with Crippen LogP contribution in [0.15, 0.2) is 0 Å². The zero-order chi connectivity index (χ0) is 11.3. The molecular formula is C11H21NO3. The van der Waals surface area contributed by atoms with Gasteiger partial charge in [0.25, 0.3) is 0 Å². The van der Waals surface area contributed by atoms with E-state index in [4.69, 9.17) is 9.47 Å². The molecule has 0 saturated carbocycles. The third-order valence-electron chi connectivity index (χ3n) is 3.01. The molecule has 0 radical (unpaired) electrons. The lowest BCUT2D eigenvalue weighted by molar-refractivity contribution is -0.155. The van der Waals surface area contributed by atoms with Crippen LogP contribution in [-0.2, 0) is 14.3 Å². The van der Waals surface area contributed by atoms with Gasteiger partial charge in [-0.3, -0.25) is 4.79 Å². The number of rotatable bonds is 4. The van der Waals surface area contributed by atoms with Crippen LogP contribution in [0.25, 0.3) is 0 Å². The molecule has 0 aromatic heterocycles. The maximum absolute atomic E-state index is 11.8. The summed E-state index contributed by atoms with van der Waals surface area (Å²) >= 11 is 0. The van der Waals surface area contributed by atoms with Crippen LogP contribution in [0.3, 0.4) is 0 Å². The molecule has 0 aromatic rings. The van der Waals surface area contributed by atoms with Crippen LogP contribution in [0.5, 0.6) is 0 Å². The highest BCUT2D eigenvalue weighted by Gasteiger charge is 2.43. The van der Waals surface area contributed by atoms with Gasteiger partial charge in [-0.15, -0.1) is 0 Å². The van der Waals surface area contributed by atoms with Gasteiger partial charge >= 0.3 is 5.97 Å². The molecule has 0 spiro atoms. The highest BCUT2D eigenvalue weighted by Crippen LogP contribution is 2.27. The molecular weight excluding hydrogens is 194 g/mol. The zero-order valence-corrected chi connectivity index (χ0v) is 9.84.